The highest BCUT2D eigenvalue weighted by Crippen LogP contribution is 2.43. The number of rotatable bonds is 30. The number of benzene rings is 6. The molecule has 3 heterocycles. The molecule has 9 rings (SSSR count). The number of esters is 1. The fourth-order valence-electron chi connectivity index (χ4n) is 13.0. The molecule has 20 nitrogen and oxygen atoms in total. The summed E-state index contributed by atoms with van der Waals surface area (Å²) in [7, 11) is 2.56. The number of urea groups is 2. The molecule has 3 aliphatic rings. The number of hydrogen-bond donors (Lipinski definition) is 8. The maximum absolute atomic E-state index is 13.5. The van der Waals surface area contributed by atoms with Crippen LogP contribution in [0.4, 0.5) is 25.4 Å². The van der Waals surface area contributed by atoms with E-state index >= 15 is 0 Å². The number of carbonyl (C=O) groups excluding carboxylic acids is 4. The molecule has 22 heteroatoms. The summed E-state index contributed by atoms with van der Waals surface area (Å²) in [6.45, 7) is 20.1. The van der Waals surface area contributed by atoms with Crippen molar-refractivity contribution >= 4 is 43.6 Å². The predicted molar refractivity (Wildman–Crippen MR) is 409 cm³/mol. The highest BCUT2D eigenvalue weighted by atomic mass is 28.4. The molecule has 8 atom stereocenters. The van der Waals surface area contributed by atoms with Crippen molar-refractivity contribution in [3.8, 4) is 23.7 Å². The average molecular weight is 1430 g/mol. The van der Waals surface area contributed by atoms with Gasteiger partial charge in [0.25, 0.3) is 0 Å². The minimum Gasteiger partial charge on any atom is -0.461 e. The maximum atomic E-state index is 13.5. The van der Waals surface area contributed by atoms with E-state index in [9.17, 15) is 33.8 Å². The summed E-state index contributed by atoms with van der Waals surface area (Å²) < 4.78 is 22.1. The molecule has 9 N–H and O–H groups in total. The number of alkyl halides is 1. The first-order chi connectivity index (χ1) is 49.8. The van der Waals surface area contributed by atoms with Gasteiger partial charge in [0, 0.05) is 75.2 Å². The number of nitrogens with zero attached hydrogens (tertiary/aromatic N) is 4. The second-order valence-corrected chi connectivity index (χ2v) is 31.6. The van der Waals surface area contributed by atoms with E-state index in [0.29, 0.717) is 51.0 Å². The van der Waals surface area contributed by atoms with Crippen molar-refractivity contribution in [1.82, 2.24) is 36.7 Å². The number of amides is 5. The van der Waals surface area contributed by atoms with Crippen molar-refractivity contribution in [3.05, 3.63) is 203 Å². The Bertz CT molecular complexity index is 3590. The highest BCUT2D eigenvalue weighted by Gasteiger charge is 2.57. The van der Waals surface area contributed by atoms with Crippen LogP contribution in [0.5, 0.6) is 0 Å². The fourth-order valence-corrected chi connectivity index (χ4v) is 17.7. The Hall–Kier alpha value is -8.65. The minimum atomic E-state index is -2.04. The van der Waals surface area contributed by atoms with Gasteiger partial charge in [-0.2, -0.15) is 10.1 Å². The topological polar surface area (TPSA) is 245 Å². The van der Waals surface area contributed by atoms with Crippen LogP contribution in [-0.2, 0) is 54.6 Å². The zero-order chi connectivity index (χ0) is 74.5. The number of aliphatic hydroxyl groups excluding tert-OH is 2. The van der Waals surface area contributed by atoms with E-state index in [-0.39, 0.29) is 68.3 Å². The van der Waals surface area contributed by atoms with Crippen LogP contribution in [0, 0.1) is 35.5 Å². The number of fused-ring (bicyclic) bond motifs is 1. The van der Waals surface area contributed by atoms with Gasteiger partial charge >= 0.3 is 18.0 Å². The van der Waals surface area contributed by atoms with Crippen LogP contribution in [0.1, 0.15) is 108 Å². The zero-order valence-corrected chi connectivity index (χ0v) is 62.9. The molecule has 3 aliphatic heterocycles. The molecule has 3 fully saturated rings. The van der Waals surface area contributed by atoms with Gasteiger partial charge in [-0.1, -0.05) is 192 Å². The number of hydroxylamine groups is 4. The molecular weight excluding hydrogens is 1320 g/mol. The molecule has 0 unspecified atom stereocenters. The summed E-state index contributed by atoms with van der Waals surface area (Å²) in [5.41, 5.74) is 14.2. The normalized spacial score (nSPS) is 18.4. The van der Waals surface area contributed by atoms with Crippen molar-refractivity contribution in [2.75, 3.05) is 83.6 Å². The highest BCUT2D eigenvalue weighted by molar-refractivity contribution is 6.76. The van der Waals surface area contributed by atoms with E-state index in [2.05, 4.69) is 114 Å². The van der Waals surface area contributed by atoms with Crippen LogP contribution in [0.2, 0.25) is 17.1 Å². The molecule has 103 heavy (non-hydrogen) atoms. The standard InChI is InChI=1S/C35H43N5O5.C35H49N3O5Si.C10H16N2.CH3F/c1-26(42)32-31(25-41)45-40(33(32)34(43)36-20-11-21-39(2)30-17-7-4-8-18-30)24-29-15-9-14-27(22-29)16-10-19-37-35(44)38-23-28-12-5-3-6-13-28;1-7-8-20-44(25(2)3,26(4)5)41-24-31-32-27(6)42-34(39)33(32)38(43-31)23-30-17-12-16-28(21-30)18-13-19-36-35(40)37-22-29-14-10-9-11-15-29;1-12(9-5-8-11)10-6-3-2-4-7-10;1-2/h3-9,12-15,17-18,22,26,31-33,41-42H,11,19-21,23-25H2,1-2H3,(H,36,43)(H2,37,38,44);9-12,14-17,21,25-27,31-33H,7-8,19-20,22-24H2,1-6H3,(H2,36,37,40);2-4,6-7H,5,8-9,11H2,1H3;1H3/t26-,31-,32+,33-;27-,31-,32+,33-;;/m11../s1. The number of carbonyl (C=O) groups is 4. The minimum absolute atomic E-state index is 0.0817. The summed E-state index contributed by atoms with van der Waals surface area (Å²) in [5.74, 6) is 11.0. The first-order valence-corrected chi connectivity index (χ1v) is 38.3. The third-order valence-electron chi connectivity index (χ3n) is 18.6. The Morgan fingerprint density at radius 1 is 0.631 bits per heavy atom. The Morgan fingerprint density at radius 3 is 1.56 bits per heavy atom. The molecule has 0 bridgehead atoms. The van der Waals surface area contributed by atoms with Gasteiger partial charge in [0.1, 0.15) is 30.4 Å². The van der Waals surface area contributed by atoms with Crippen molar-refractivity contribution in [1.29, 1.82) is 0 Å². The van der Waals surface area contributed by atoms with Crippen molar-refractivity contribution in [2.24, 2.45) is 17.6 Å². The maximum Gasteiger partial charge on any atom is 0.326 e. The number of nitrogens with one attached hydrogen (secondary N) is 5. The van der Waals surface area contributed by atoms with E-state index in [1.807, 2.05) is 172 Å². The first-order valence-electron chi connectivity index (χ1n) is 36.0. The lowest BCUT2D eigenvalue weighted by Gasteiger charge is -2.40. The number of halogens is 1. The van der Waals surface area contributed by atoms with Gasteiger partial charge in [-0.25, -0.2) is 9.59 Å². The molecule has 6 aromatic carbocycles. The number of anilines is 2. The van der Waals surface area contributed by atoms with Gasteiger partial charge in [0.2, 0.25) is 5.91 Å². The van der Waals surface area contributed by atoms with Crippen LogP contribution in [0.3, 0.4) is 0 Å². The summed E-state index contributed by atoms with van der Waals surface area (Å²) in [5, 5.41) is 38.0. The summed E-state index contributed by atoms with van der Waals surface area (Å²) in [4.78, 5) is 67.4. The number of para-hydroxylation sites is 2. The molecule has 0 spiro atoms. The lowest BCUT2D eigenvalue weighted by atomic mass is 9.89. The molecule has 5 amide bonds. The Balaban J connectivity index is 0.000000272. The lowest BCUT2D eigenvalue weighted by Crippen LogP contribution is -2.49. The second kappa shape index (κ2) is 44.8. The number of ether oxygens (including phenoxy) is 1. The van der Waals surface area contributed by atoms with E-state index < -0.39 is 38.5 Å². The van der Waals surface area contributed by atoms with Gasteiger partial charge in [0.15, 0.2) is 8.32 Å². The van der Waals surface area contributed by atoms with Crippen molar-refractivity contribution in [2.45, 2.75) is 154 Å². The van der Waals surface area contributed by atoms with E-state index in [4.69, 9.17) is 24.6 Å². The Labute approximate surface area is 612 Å². The van der Waals surface area contributed by atoms with Crippen molar-refractivity contribution < 1.29 is 52.6 Å². The molecule has 556 valence electrons. The molecule has 0 aromatic heterocycles. The van der Waals surface area contributed by atoms with E-state index in [1.54, 1.807) is 17.1 Å². The average Bonchev–Trinajstić information content (AvgIpc) is 1.62. The summed E-state index contributed by atoms with van der Waals surface area (Å²) >= 11 is 0. The van der Waals surface area contributed by atoms with E-state index in [1.165, 1.54) is 12.1 Å². The third-order valence-corrected chi connectivity index (χ3v) is 24.3. The van der Waals surface area contributed by atoms with Crippen LogP contribution < -0.4 is 42.1 Å². The quantitative estimate of drug-likeness (QED) is 0.00905. The Morgan fingerprint density at radius 2 is 1.10 bits per heavy atom. The van der Waals surface area contributed by atoms with E-state index in [0.717, 1.165) is 84.0 Å². The van der Waals surface area contributed by atoms with Gasteiger partial charge < -0.3 is 61.5 Å². The number of cyclic esters (lactones) is 1. The Kier molecular flexibility index (Phi) is 36.2. The molecule has 0 saturated carbocycles. The van der Waals surface area contributed by atoms with Crippen LogP contribution >= 0.6 is 0 Å². The fraction of sp³-hybridized carbons (Fsp3) is 0.457. The van der Waals surface area contributed by atoms with Gasteiger partial charge in [-0.15, -0.1) is 0 Å². The van der Waals surface area contributed by atoms with Crippen LogP contribution in [-0.4, -0.2) is 163 Å². The van der Waals surface area contributed by atoms with Crippen LogP contribution in [0.15, 0.2) is 170 Å². The molecule has 0 radical (unpaired) electrons. The van der Waals surface area contributed by atoms with Gasteiger partial charge in [0.05, 0.1) is 58.6 Å². The monoisotopic (exact) mass is 1430 g/mol. The summed E-state index contributed by atoms with van der Waals surface area (Å²) in [6, 6.07) is 54.5. The second-order valence-electron chi connectivity index (χ2n) is 26.6. The first kappa shape index (κ1) is 83.3. The molecule has 0 aliphatic carbocycles. The molecule has 3 saturated heterocycles. The third kappa shape index (κ3) is 26.5. The molecule has 6 aromatic rings. The zero-order valence-electron chi connectivity index (χ0n) is 61.9. The number of aliphatic hydroxyl groups is 2. The van der Waals surface area contributed by atoms with Crippen molar-refractivity contribution in [3.63, 3.8) is 0 Å². The predicted octanol–water partition coefficient (Wildman–Crippen LogP) is 10.9. The van der Waals surface area contributed by atoms with Crippen LogP contribution in [0.25, 0.3) is 0 Å². The summed E-state index contributed by atoms with van der Waals surface area (Å²) in [6.07, 6.45) is 2.04. The molecular formula is C81H111FN10O10Si. The van der Waals surface area contributed by atoms with Gasteiger partial charge in [-0.05, 0) is 121 Å². The number of nitrogens with two attached hydrogens (primary N) is 1. The lowest BCUT2D eigenvalue weighted by molar-refractivity contribution is -0.195. The number of hydrogen-bond acceptors (Lipinski definition) is 15. The van der Waals surface area contributed by atoms with Gasteiger partial charge in [-0.3, -0.25) is 23.7 Å². The SMILES string of the molecule is CCCC[Si](OC[C@H]1ON(Cc2cccc(C#CCNC(=O)NCc3ccccc3)c2)[C@H]2C(=O)O[C@H](C)[C@@H]12)(C(C)C)C(C)C.CF.CN(CCCN)c1ccccc1.C[C@@H](O)[C@H]1[C@@H](CO)ON(Cc2cccc(C#CCNC(=O)NCc3ccccc3)c2)[C@H]1C(=O)NCCCN(C)c1ccccc1. The largest absolute Gasteiger partial charge is 0.461 e. The smallest absolute Gasteiger partial charge is 0.326 e. The number of unbranched alkanes of at least 4 members (excludes halogenated alkanes) is 1.